The van der Waals surface area contributed by atoms with Gasteiger partial charge in [-0.2, -0.15) is 5.10 Å². The molecular formula is C27H28N2O2. The van der Waals surface area contributed by atoms with Crippen molar-refractivity contribution in [1.82, 2.24) is 5.43 Å². The molecule has 2 aliphatic rings. The van der Waals surface area contributed by atoms with E-state index in [0.717, 1.165) is 23.3 Å². The van der Waals surface area contributed by atoms with Gasteiger partial charge in [-0.15, -0.1) is 0 Å². The van der Waals surface area contributed by atoms with E-state index in [1.807, 2.05) is 36.4 Å². The summed E-state index contributed by atoms with van der Waals surface area (Å²) < 4.78 is 6.14. The minimum atomic E-state index is 0.0554. The molecule has 3 aromatic carbocycles. The predicted molar refractivity (Wildman–Crippen MR) is 124 cm³/mol. The summed E-state index contributed by atoms with van der Waals surface area (Å²) in [6.45, 7) is 2.72. The zero-order chi connectivity index (χ0) is 21.3. The number of nitrogens with zero attached hydrogens (tertiary/aromatic N) is 1. The second kappa shape index (κ2) is 8.18. The molecule has 3 atom stereocenters. The summed E-state index contributed by atoms with van der Waals surface area (Å²) in [5.74, 6) is 1.46. The lowest BCUT2D eigenvalue weighted by molar-refractivity contribution is -0.123. The third-order valence-corrected chi connectivity index (χ3v) is 7.17. The van der Waals surface area contributed by atoms with Crippen molar-refractivity contribution in [3.8, 4) is 5.75 Å². The Kier molecular flexibility index (Phi) is 5.23. The van der Waals surface area contributed by atoms with Gasteiger partial charge in [0.25, 0.3) is 0 Å². The highest BCUT2D eigenvalue weighted by molar-refractivity contribution is 5.87. The molecule has 2 fully saturated rings. The van der Waals surface area contributed by atoms with Gasteiger partial charge in [-0.1, -0.05) is 74.4 Å². The van der Waals surface area contributed by atoms with Gasteiger partial charge in [0.1, 0.15) is 12.4 Å². The molecule has 0 aromatic heterocycles. The fourth-order valence-corrected chi connectivity index (χ4v) is 5.38. The molecule has 1 N–H and O–H groups in total. The van der Waals surface area contributed by atoms with Crippen molar-refractivity contribution >= 4 is 22.9 Å². The number of rotatable bonds is 6. The van der Waals surface area contributed by atoms with Crippen LogP contribution < -0.4 is 10.2 Å². The summed E-state index contributed by atoms with van der Waals surface area (Å²) in [6, 6.07) is 22.4. The summed E-state index contributed by atoms with van der Waals surface area (Å²) in [4.78, 5) is 12.6. The van der Waals surface area contributed by atoms with Crippen LogP contribution in [0.5, 0.6) is 5.75 Å². The van der Waals surface area contributed by atoms with Crippen LogP contribution in [0, 0.1) is 17.3 Å². The molecule has 0 aliphatic heterocycles. The Balaban J connectivity index is 1.25. The zero-order valence-electron chi connectivity index (χ0n) is 17.9. The van der Waals surface area contributed by atoms with Crippen LogP contribution in [-0.4, -0.2) is 12.1 Å². The standard InChI is InChI=1S/C27H28N2O2/c1-27-16-7-6-14-23(27)25(27)26(30)29-28-17-20-10-3-5-15-24(20)31-18-21-12-8-11-19-9-2-4-13-22(19)21/h2-5,8-13,15,17,23,25H,6-7,14,16,18H2,1H3,(H,29,30)/b28-17-/t23-,25+,27+/m0/s1. The molecule has 5 rings (SSSR count). The molecular weight excluding hydrogens is 384 g/mol. The Hall–Kier alpha value is -3.14. The van der Waals surface area contributed by atoms with E-state index in [9.17, 15) is 4.79 Å². The van der Waals surface area contributed by atoms with Crippen LogP contribution >= 0.6 is 0 Å². The number of hydrazone groups is 1. The van der Waals surface area contributed by atoms with Crippen LogP contribution in [0.25, 0.3) is 10.8 Å². The van der Waals surface area contributed by atoms with Crippen molar-refractivity contribution in [3.63, 3.8) is 0 Å². The molecule has 4 heteroatoms. The quantitative estimate of drug-likeness (QED) is 0.417. The Bertz CT molecular complexity index is 1130. The molecule has 2 saturated carbocycles. The van der Waals surface area contributed by atoms with E-state index in [0.29, 0.717) is 12.5 Å². The maximum Gasteiger partial charge on any atom is 0.244 e. The fraction of sp³-hybridized carbons (Fsp3) is 0.333. The minimum Gasteiger partial charge on any atom is -0.488 e. The lowest BCUT2D eigenvalue weighted by Gasteiger charge is -2.15. The highest BCUT2D eigenvalue weighted by atomic mass is 16.5. The molecule has 3 aromatic rings. The van der Waals surface area contributed by atoms with Crippen LogP contribution in [0.15, 0.2) is 71.8 Å². The molecule has 1 amide bonds. The minimum absolute atomic E-state index is 0.0554. The van der Waals surface area contributed by atoms with Crippen LogP contribution in [0.4, 0.5) is 0 Å². The second-order valence-electron chi connectivity index (χ2n) is 9.03. The largest absolute Gasteiger partial charge is 0.488 e. The van der Waals surface area contributed by atoms with Gasteiger partial charge in [0.2, 0.25) is 5.91 Å². The van der Waals surface area contributed by atoms with Gasteiger partial charge in [-0.05, 0) is 52.6 Å². The Morgan fingerprint density at radius 1 is 1.10 bits per heavy atom. The third kappa shape index (κ3) is 3.83. The number of amides is 1. The van der Waals surface area contributed by atoms with Gasteiger partial charge >= 0.3 is 0 Å². The topological polar surface area (TPSA) is 50.7 Å². The first-order valence-electron chi connectivity index (χ1n) is 11.2. The van der Waals surface area contributed by atoms with Crippen LogP contribution in [0.2, 0.25) is 0 Å². The van der Waals surface area contributed by atoms with Crippen molar-refractivity contribution in [1.29, 1.82) is 0 Å². The summed E-state index contributed by atoms with van der Waals surface area (Å²) in [7, 11) is 0. The van der Waals surface area contributed by atoms with E-state index in [1.165, 1.54) is 30.0 Å². The highest BCUT2D eigenvalue weighted by Gasteiger charge is 2.64. The Morgan fingerprint density at radius 2 is 1.90 bits per heavy atom. The average molecular weight is 413 g/mol. The van der Waals surface area contributed by atoms with Crippen LogP contribution in [0.3, 0.4) is 0 Å². The fourth-order valence-electron chi connectivity index (χ4n) is 5.38. The first-order valence-corrected chi connectivity index (χ1v) is 11.2. The Labute approximate surface area is 183 Å². The number of nitrogens with one attached hydrogen (secondary N) is 1. The maximum atomic E-state index is 12.6. The summed E-state index contributed by atoms with van der Waals surface area (Å²) in [6.07, 6.45) is 6.49. The number of hydrogen-bond donors (Lipinski definition) is 1. The SMILES string of the molecule is C[C@@]12CCCC[C@H]1[C@@H]2C(=O)N/N=C\c1ccccc1OCc1cccc2ccccc12. The number of carbonyl (C=O) groups excluding carboxylic acids is 1. The molecule has 0 spiro atoms. The van der Waals surface area contributed by atoms with Gasteiger partial charge in [0, 0.05) is 11.5 Å². The molecule has 0 bridgehead atoms. The van der Waals surface area contributed by atoms with Crippen molar-refractivity contribution in [2.75, 3.05) is 0 Å². The predicted octanol–water partition coefficient (Wildman–Crippen LogP) is 5.70. The average Bonchev–Trinajstić information content (AvgIpc) is 3.44. The van der Waals surface area contributed by atoms with Crippen molar-refractivity contribution in [2.24, 2.45) is 22.4 Å². The van der Waals surface area contributed by atoms with E-state index in [-0.39, 0.29) is 17.2 Å². The van der Waals surface area contributed by atoms with Crippen LogP contribution in [0.1, 0.15) is 43.7 Å². The molecule has 158 valence electrons. The van der Waals surface area contributed by atoms with Gasteiger partial charge in [0.15, 0.2) is 0 Å². The number of para-hydroxylation sites is 1. The molecule has 0 saturated heterocycles. The zero-order valence-corrected chi connectivity index (χ0v) is 17.9. The van der Waals surface area contributed by atoms with E-state index in [2.05, 4.69) is 47.8 Å². The van der Waals surface area contributed by atoms with E-state index in [1.54, 1.807) is 6.21 Å². The molecule has 2 aliphatic carbocycles. The van der Waals surface area contributed by atoms with Crippen molar-refractivity contribution in [2.45, 2.75) is 39.2 Å². The van der Waals surface area contributed by atoms with Gasteiger partial charge in [-0.3, -0.25) is 4.79 Å². The van der Waals surface area contributed by atoms with Gasteiger partial charge in [0.05, 0.1) is 6.21 Å². The Morgan fingerprint density at radius 3 is 2.77 bits per heavy atom. The lowest BCUT2D eigenvalue weighted by atomic mass is 9.90. The van der Waals surface area contributed by atoms with E-state index in [4.69, 9.17) is 4.74 Å². The number of benzene rings is 3. The molecule has 31 heavy (non-hydrogen) atoms. The first kappa shape index (κ1) is 19.8. The number of fused-ring (bicyclic) bond motifs is 2. The molecule has 0 heterocycles. The molecule has 4 nitrogen and oxygen atoms in total. The summed E-state index contributed by atoms with van der Waals surface area (Å²) in [5.41, 5.74) is 4.96. The summed E-state index contributed by atoms with van der Waals surface area (Å²) >= 11 is 0. The monoisotopic (exact) mass is 412 g/mol. The maximum absolute atomic E-state index is 12.6. The first-order chi connectivity index (χ1) is 15.2. The van der Waals surface area contributed by atoms with Gasteiger partial charge < -0.3 is 4.74 Å². The van der Waals surface area contributed by atoms with Crippen molar-refractivity contribution < 1.29 is 9.53 Å². The number of hydrogen-bond acceptors (Lipinski definition) is 3. The second-order valence-corrected chi connectivity index (χ2v) is 9.03. The van der Waals surface area contributed by atoms with E-state index < -0.39 is 0 Å². The smallest absolute Gasteiger partial charge is 0.244 e. The number of carbonyl (C=O) groups is 1. The summed E-state index contributed by atoms with van der Waals surface area (Å²) in [5, 5.41) is 6.65. The lowest BCUT2D eigenvalue weighted by Crippen LogP contribution is -2.22. The number of ether oxygens (including phenoxy) is 1. The van der Waals surface area contributed by atoms with Gasteiger partial charge in [-0.25, -0.2) is 5.43 Å². The third-order valence-electron chi connectivity index (χ3n) is 7.17. The molecule has 0 unspecified atom stereocenters. The highest BCUT2D eigenvalue weighted by Crippen LogP contribution is 2.66. The van der Waals surface area contributed by atoms with E-state index >= 15 is 0 Å². The normalized spacial score (nSPS) is 24.7. The van der Waals surface area contributed by atoms with Crippen LogP contribution in [-0.2, 0) is 11.4 Å². The van der Waals surface area contributed by atoms with Crippen molar-refractivity contribution in [3.05, 3.63) is 77.9 Å². The molecule has 0 radical (unpaired) electrons.